The average molecular weight is 443 g/mol. The van der Waals surface area contributed by atoms with Crippen LogP contribution < -0.4 is 4.74 Å². The highest BCUT2D eigenvalue weighted by atomic mass is 16.6. The van der Waals surface area contributed by atoms with Crippen molar-refractivity contribution in [3.05, 3.63) is 53.1 Å². The van der Waals surface area contributed by atoms with Crippen molar-refractivity contribution >= 4 is 17.9 Å². The summed E-state index contributed by atoms with van der Waals surface area (Å²) in [5.74, 6) is -0.953. The van der Waals surface area contributed by atoms with E-state index in [-0.39, 0.29) is 18.0 Å². The molecule has 0 radical (unpaired) electrons. The Bertz CT molecular complexity index is 928. The van der Waals surface area contributed by atoms with E-state index in [1.807, 2.05) is 6.92 Å². The summed E-state index contributed by atoms with van der Waals surface area (Å²) in [7, 11) is 1.56. The van der Waals surface area contributed by atoms with Crippen molar-refractivity contribution in [1.82, 2.24) is 0 Å². The van der Waals surface area contributed by atoms with E-state index in [4.69, 9.17) is 18.9 Å². The fraction of sp³-hybridized carbons (Fsp3) is 0.480. The highest BCUT2D eigenvalue weighted by Crippen LogP contribution is 2.45. The van der Waals surface area contributed by atoms with Gasteiger partial charge in [0.2, 0.25) is 0 Å². The van der Waals surface area contributed by atoms with Crippen LogP contribution in [0.4, 0.5) is 0 Å². The van der Waals surface area contributed by atoms with Gasteiger partial charge in [-0.1, -0.05) is 19.1 Å². The molecule has 0 aromatic heterocycles. The van der Waals surface area contributed by atoms with Gasteiger partial charge in [-0.2, -0.15) is 0 Å². The van der Waals surface area contributed by atoms with E-state index in [1.165, 1.54) is 6.92 Å². The van der Waals surface area contributed by atoms with Gasteiger partial charge in [0.15, 0.2) is 0 Å². The number of carbonyl (C=O) groups excluding carboxylic acids is 3. The van der Waals surface area contributed by atoms with Gasteiger partial charge in [0, 0.05) is 18.9 Å². The first-order chi connectivity index (χ1) is 15.2. The van der Waals surface area contributed by atoms with Crippen molar-refractivity contribution in [2.24, 2.45) is 11.8 Å². The number of esters is 3. The minimum Gasteiger partial charge on any atom is -0.497 e. The zero-order chi connectivity index (χ0) is 23.4. The third kappa shape index (κ3) is 5.03. The minimum absolute atomic E-state index is 0.0590. The summed E-state index contributed by atoms with van der Waals surface area (Å²) in [4.78, 5) is 36.3. The standard InChI is InChI=1S/C25H30O7/c1-14(7-6-12-30-17(4)26)21-15(2)13-20-22(16(3)24(27)31-20)23(21)32-25(28)18-8-10-19(29-5)11-9-18/h8-11,14,20,22-23H,3,6-7,12-13H2,1-2,4-5H3/t14-,20+,22+,23+/m0/s1. The largest absolute Gasteiger partial charge is 0.497 e. The molecule has 1 fully saturated rings. The SMILES string of the molecule is C=C1C(=O)O[C@@H]2CC(C)=C([C@@H](C)CCCOC(C)=O)[C@@H](OC(=O)c3ccc(OC)cc3)[C@H]12. The van der Waals surface area contributed by atoms with Gasteiger partial charge in [-0.3, -0.25) is 4.79 Å². The molecule has 0 spiro atoms. The first kappa shape index (κ1) is 23.6. The van der Waals surface area contributed by atoms with Gasteiger partial charge in [0.25, 0.3) is 0 Å². The number of benzene rings is 1. The molecule has 1 aromatic rings. The number of ether oxygens (including phenoxy) is 4. The van der Waals surface area contributed by atoms with Crippen LogP contribution in [0.15, 0.2) is 47.6 Å². The normalized spacial score (nSPS) is 23.3. The van der Waals surface area contributed by atoms with Crippen LogP contribution in [-0.2, 0) is 23.8 Å². The molecule has 0 unspecified atom stereocenters. The number of rotatable bonds is 8. The van der Waals surface area contributed by atoms with Crippen molar-refractivity contribution < 1.29 is 33.3 Å². The number of hydrogen-bond donors (Lipinski definition) is 0. The second-order valence-electron chi connectivity index (χ2n) is 8.37. The lowest BCUT2D eigenvalue weighted by Gasteiger charge is -2.37. The lowest BCUT2D eigenvalue weighted by atomic mass is 9.73. The van der Waals surface area contributed by atoms with Gasteiger partial charge in [-0.25, -0.2) is 9.59 Å². The van der Waals surface area contributed by atoms with Gasteiger partial charge in [0.05, 0.1) is 25.2 Å². The Morgan fingerprint density at radius 2 is 1.94 bits per heavy atom. The van der Waals surface area contributed by atoms with Crippen molar-refractivity contribution in [2.75, 3.05) is 13.7 Å². The Balaban J connectivity index is 1.84. The lowest BCUT2D eigenvalue weighted by molar-refractivity contribution is -0.141. The minimum atomic E-state index is -0.647. The van der Waals surface area contributed by atoms with Gasteiger partial charge >= 0.3 is 17.9 Å². The molecule has 0 saturated carbocycles. The van der Waals surface area contributed by atoms with Crippen LogP contribution in [0.3, 0.4) is 0 Å². The second kappa shape index (κ2) is 10.0. The summed E-state index contributed by atoms with van der Waals surface area (Å²) in [5.41, 5.74) is 2.75. The summed E-state index contributed by atoms with van der Waals surface area (Å²) in [6.07, 6.45) is 0.970. The van der Waals surface area contributed by atoms with E-state index < -0.39 is 24.0 Å². The average Bonchev–Trinajstić information content (AvgIpc) is 3.04. The van der Waals surface area contributed by atoms with Crippen molar-refractivity contribution in [3.8, 4) is 5.75 Å². The molecule has 1 aromatic carbocycles. The molecule has 7 heteroatoms. The van der Waals surface area contributed by atoms with Crippen LogP contribution in [0, 0.1) is 11.8 Å². The number of methoxy groups -OCH3 is 1. The van der Waals surface area contributed by atoms with Crippen molar-refractivity contribution in [1.29, 1.82) is 0 Å². The van der Waals surface area contributed by atoms with Gasteiger partial charge < -0.3 is 18.9 Å². The van der Waals surface area contributed by atoms with E-state index in [9.17, 15) is 14.4 Å². The number of carbonyl (C=O) groups is 3. The molecule has 4 atom stereocenters. The van der Waals surface area contributed by atoms with Crippen LogP contribution in [0.25, 0.3) is 0 Å². The van der Waals surface area contributed by atoms with Crippen LogP contribution in [0.2, 0.25) is 0 Å². The fourth-order valence-electron chi connectivity index (χ4n) is 4.56. The number of fused-ring (bicyclic) bond motifs is 1. The maximum Gasteiger partial charge on any atom is 0.338 e. The summed E-state index contributed by atoms with van der Waals surface area (Å²) >= 11 is 0. The van der Waals surface area contributed by atoms with Crippen LogP contribution >= 0.6 is 0 Å². The molecular formula is C25H30O7. The van der Waals surface area contributed by atoms with Crippen molar-refractivity contribution in [3.63, 3.8) is 0 Å². The third-order valence-corrected chi connectivity index (χ3v) is 6.13. The van der Waals surface area contributed by atoms with Crippen LogP contribution in [0.1, 0.15) is 50.4 Å². The quantitative estimate of drug-likeness (QED) is 0.198. The Labute approximate surface area is 188 Å². The Morgan fingerprint density at radius 1 is 1.25 bits per heavy atom. The number of hydrogen-bond acceptors (Lipinski definition) is 7. The zero-order valence-corrected chi connectivity index (χ0v) is 19.0. The molecule has 0 amide bonds. The molecule has 7 nitrogen and oxygen atoms in total. The molecule has 3 rings (SSSR count). The molecule has 0 N–H and O–H groups in total. The monoisotopic (exact) mass is 442 g/mol. The molecule has 1 aliphatic carbocycles. The van der Waals surface area contributed by atoms with E-state index >= 15 is 0 Å². The summed E-state index contributed by atoms with van der Waals surface area (Å²) in [6.45, 7) is 9.68. The molecular weight excluding hydrogens is 412 g/mol. The topological polar surface area (TPSA) is 88.1 Å². The molecule has 1 saturated heterocycles. The van der Waals surface area contributed by atoms with E-state index in [0.717, 1.165) is 17.6 Å². The van der Waals surface area contributed by atoms with Gasteiger partial charge in [-0.15, -0.1) is 0 Å². The van der Waals surface area contributed by atoms with E-state index in [0.29, 0.717) is 36.3 Å². The molecule has 2 aliphatic rings. The fourth-order valence-corrected chi connectivity index (χ4v) is 4.56. The summed E-state index contributed by atoms with van der Waals surface area (Å²) in [5, 5.41) is 0. The zero-order valence-electron chi connectivity index (χ0n) is 19.0. The first-order valence-electron chi connectivity index (χ1n) is 10.8. The second-order valence-corrected chi connectivity index (χ2v) is 8.37. The Kier molecular flexibility index (Phi) is 7.38. The van der Waals surface area contributed by atoms with Crippen molar-refractivity contribution in [2.45, 2.75) is 52.2 Å². The lowest BCUT2D eigenvalue weighted by Crippen LogP contribution is -2.40. The van der Waals surface area contributed by atoms with Gasteiger partial charge in [-0.05, 0) is 55.5 Å². The smallest absolute Gasteiger partial charge is 0.338 e. The first-order valence-corrected chi connectivity index (χ1v) is 10.8. The predicted octanol–water partition coefficient (Wildman–Crippen LogP) is 4.02. The van der Waals surface area contributed by atoms with Crippen LogP contribution in [-0.4, -0.2) is 43.8 Å². The predicted molar refractivity (Wildman–Crippen MR) is 117 cm³/mol. The van der Waals surface area contributed by atoms with E-state index in [2.05, 4.69) is 13.5 Å². The highest BCUT2D eigenvalue weighted by molar-refractivity contribution is 5.92. The third-order valence-electron chi connectivity index (χ3n) is 6.13. The molecule has 172 valence electrons. The molecule has 32 heavy (non-hydrogen) atoms. The summed E-state index contributed by atoms with van der Waals surface area (Å²) in [6, 6.07) is 6.68. The molecule has 1 heterocycles. The molecule has 1 aliphatic heterocycles. The maximum absolute atomic E-state index is 13.0. The summed E-state index contributed by atoms with van der Waals surface area (Å²) < 4.78 is 21.7. The Hall–Kier alpha value is -3.09. The maximum atomic E-state index is 13.0. The van der Waals surface area contributed by atoms with Gasteiger partial charge in [0.1, 0.15) is 18.0 Å². The molecule has 0 bridgehead atoms. The highest BCUT2D eigenvalue weighted by Gasteiger charge is 2.50. The Morgan fingerprint density at radius 3 is 2.56 bits per heavy atom. The van der Waals surface area contributed by atoms with Crippen LogP contribution in [0.5, 0.6) is 5.75 Å². The van der Waals surface area contributed by atoms with E-state index in [1.54, 1.807) is 31.4 Å².